The van der Waals surface area contributed by atoms with E-state index in [0.29, 0.717) is 28.2 Å². The van der Waals surface area contributed by atoms with Crippen molar-refractivity contribution < 1.29 is 4.39 Å². The van der Waals surface area contributed by atoms with Crippen LogP contribution in [0.3, 0.4) is 0 Å². The first kappa shape index (κ1) is 18.4. The minimum Gasteiger partial charge on any atom is -0.335 e. The Balaban J connectivity index is 1.53. The number of fused-ring (bicyclic) bond motifs is 2. The predicted octanol–water partition coefficient (Wildman–Crippen LogP) is 5.68. The number of H-pyrrole nitrogens is 2. The van der Waals surface area contributed by atoms with Gasteiger partial charge in [-0.05, 0) is 42.3 Å². The fourth-order valence-electron chi connectivity index (χ4n) is 4.05. The molecule has 0 unspecified atom stereocenters. The van der Waals surface area contributed by atoms with E-state index in [4.69, 9.17) is 4.98 Å². The average Bonchev–Trinajstić information content (AvgIpc) is 3.43. The number of nitrogens with one attached hydrogen (secondary N) is 2. The van der Waals surface area contributed by atoms with Crippen LogP contribution < -0.4 is 0 Å². The summed E-state index contributed by atoms with van der Waals surface area (Å²) in [7, 11) is 0. The van der Waals surface area contributed by atoms with Crippen molar-refractivity contribution in [3.63, 3.8) is 0 Å². The summed E-state index contributed by atoms with van der Waals surface area (Å²) in [6, 6.07) is 14.8. The van der Waals surface area contributed by atoms with Crippen molar-refractivity contribution in [1.29, 1.82) is 0 Å². The Kier molecular flexibility index (Phi) is 4.07. The van der Waals surface area contributed by atoms with Crippen molar-refractivity contribution in [1.82, 2.24) is 30.1 Å². The number of aryl methyl sites for hydroxylation is 1. The number of halogens is 1. The third kappa shape index (κ3) is 2.86. The van der Waals surface area contributed by atoms with Gasteiger partial charge in [-0.2, -0.15) is 5.10 Å². The summed E-state index contributed by atoms with van der Waals surface area (Å²) in [5.41, 5.74) is 7.32. The molecule has 0 fully saturated rings. The number of nitrogens with zero attached hydrogens (tertiary/aromatic N) is 4. The zero-order valence-electron chi connectivity index (χ0n) is 17.1. The summed E-state index contributed by atoms with van der Waals surface area (Å²) in [6.07, 6.45) is 6.98. The molecule has 6 nitrogen and oxygen atoms in total. The van der Waals surface area contributed by atoms with Gasteiger partial charge in [0.25, 0.3) is 0 Å². The van der Waals surface area contributed by atoms with E-state index >= 15 is 0 Å². The highest BCUT2D eigenvalue weighted by Crippen LogP contribution is 2.33. The number of benzene rings is 2. The second kappa shape index (κ2) is 7.09. The second-order valence-corrected chi connectivity index (χ2v) is 7.67. The monoisotopic (exact) mass is 420 g/mol. The molecule has 0 spiro atoms. The standard InChI is InChI=1S/C25H17FN6/c1-14-8-9-27-11-18(14)15-6-7-21-17(10-15)24(32-31-21)25-29-22-13-28-12-19(23(22)30-25)16-4-2-3-5-20(16)26/h2-13H,1H3,(H,29,30)(H,31,32). The molecular formula is C25H17FN6. The van der Waals surface area contributed by atoms with Crippen LogP contribution in [0.15, 0.2) is 73.3 Å². The molecule has 0 radical (unpaired) electrons. The van der Waals surface area contributed by atoms with Gasteiger partial charge in [-0.1, -0.05) is 24.3 Å². The molecule has 6 rings (SSSR count). The SMILES string of the molecule is Cc1ccncc1-c1ccc2[nH]nc(-c3nc4c(-c5ccccc5F)cncc4[nH]3)c2c1. The second-order valence-electron chi connectivity index (χ2n) is 7.67. The first-order chi connectivity index (χ1) is 15.7. The summed E-state index contributed by atoms with van der Waals surface area (Å²) in [5.74, 6) is 0.282. The Morgan fingerprint density at radius 1 is 0.844 bits per heavy atom. The van der Waals surface area contributed by atoms with Crippen LogP contribution in [0.2, 0.25) is 0 Å². The topological polar surface area (TPSA) is 83.1 Å². The summed E-state index contributed by atoms with van der Waals surface area (Å²) in [6.45, 7) is 2.06. The Hall–Kier alpha value is -4.39. The Bertz CT molecular complexity index is 1610. The smallest absolute Gasteiger partial charge is 0.159 e. The molecule has 0 saturated carbocycles. The molecule has 154 valence electrons. The molecule has 2 aromatic carbocycles. The molecule has 4 heterocycles. The first-order valence-corrected chi connectivity index (χ1v) is 10.2. The normalized spacial score (nSPS) is 11.4. The van der Waals surface area contributed by atoms with E-state index in [0.717, 1.165) is 33.1 Å². The maximum absolute atomic E-state index is 14.4. The van der Waals surface area contributed by atoms with Gasteiger partial charge in [-0.15, -0.1) is 0 Å². The third-order valence-corrected chi connectivity index (χ3v) is 5.70. The quantitative estimate of drug-likeness (QED) is 0.386. The zero-order chi connectivity index (χ0) is 21.7. The van der Waals surface area contributed by atoms with Crippen molar-refractivity contribution in [2.24, 2.45) is 0 Å². The van der Waals surface area contributed by atoms with E-state index < -0.39 is 0 Å². The molecule has 6 aromatic rings. The molecule has 0 amide bonds. The van der Waals surface area contributed by atoms with E-state index in [2.05, 4.69) is 38.1 Å². The minimum atomic E-state index is -0.312. The van der Waals surface area contributed by atoms with E-state index in [-0.39, 0.29) is 5.82 Å². The molecule has 0 saturated heterocycles. The van der Waals surface area contributed by atoms with Crippen molar-refractivity contribution >= 4 is 21.9 Å². The molecular weight excluding hydrogens is 403 g/mol. The van der Waals surface area contributed by atoms with Crippen molar-refractivity contribution in [2.45, 2.75) is 6.92 Å². The van der Waals surface area contributed by atoms with Gasteiger partial charge in [0.1, 0.15) is 17.0 Å². The summed E-state index contributed by atoms with van der Waals surface area (Å²) < 4.78 is 14.4. The van der Waals surface area contributed by atoms with Gasteiger partial charge in [0.15, 0.2) is 5.82 Å². The number of aromatic amines is 2. The van der Waals surface area contributed by atoms with Gasteiger partial charge in [0.2, 0.25) is 0 Å². The van der Waals surface area contributed by atoms with Crippen molar-refractivity contribution in [3.05, 3.63) is 84.7 Å². The van der Waals surface area contributed by atoms with Crippen molar-refractivity contribution in [3.8, 4) is 33.8 Å². The van der Waals surface area contributed by atoms with Crippen LogP contribution in [0.4, 0.5) is 4.39 Å². The lowest BCUT2D eigenvalue weighted by Gasteiger charge is -2.05. The highest BCUT2D eigenvalue weighted by molar-refractivity contribution is 5.98. The van der Waals surface area contributed by atoms with Gasteiger partial charge in [-0.25, -0.2) is 9.37 Å². The minimum absolute atomic E-state index is 0.312. The molecule has 0 aliphatic carbocycles. The van der Waals surface area contributed by atoms with Crippen LogP contribution in [-0.4, -0.2) is 30.1 Å². The Morgan fingerprint density at radius 3 is 2.59 bits per heavy atom. The highest BCUT2D eigenvalue weighted by Gasteiger charge is 2.17. The van der Waals surface area contributed by atoms with E-state index in [1.807, 2.05) is 24.4 Å². The molecule has 7 heteroatoms. The largest absolute Gasteiger partial charge is 0.335 e. The molecule has 0 aliphatic heterocycles. The summed E-state index contributed by atoms with van der Waals surface area (Å²) in [4.78, 5) is 16.6. The number of pyridine rings is 2. The third-order valence-electron chi connectivity index (χ3n) is 5.70. The molecule has 0 bridgehead atoms. The molecule has 4 aromatic heterocycles. The van der Waals surface area contributed by atoms with Crippen LogP contribution in [-0.2, 0) is 0 Å². The van der Waals surface area contributed by atoms with Gasteiger partial charge in [0.05, 0.1) is 17.2 Å². The fraction of sp³-hybridized carbons (Fsp3) is 0.0400. The first-order valence-electron chi connectivity index (χ1n) is 10.2. The van der Waals surface area contributed by atoms with Crippen LogP contribution in [0.25, 0.3) is 55.7 Å². The lowest BCUT2D eigenvalue weighted by atomic mass is 10.0. The van der Waals surface area contributed by atoms with E-state index in [1.54, 1.807) is 36.8 Å². The van der Waals surface area contributed by atoms with Crippen LogP contribution >= 0.6 is 0 Å². The number of rotatable bonds is 3. The van der Waals surface area contributed by atoms with Crippen LogP contribution in [0.5, 0.6) is 0 Å². The number of imidazole rings is 1. The lowest BCUT2D eigenvalue weighted by molar-refractivity contribution is 0.631. The Morgan fingerprint density at radius 2 is 1.72 bits per heavy atom. The summed E-state index contributed by atoms with van der Waals surface area (Å²) in [5, 5.41) is 8.52. The Labute approximate surface area is 182 Å². The van der Waals surface area contributed by atoms with Crippen molar-refractivity contribution in [2.75, 3.05) is 0 Å². The maximum Gasteiger partial charge on any atom is 0.159 e. The number of hydrogen-bond acceptors (Lipinski definition) is 4. The van der Waals surface area contributed by atoms with Gasteiger partial charge < -0.3 is 4.98 Å². The summed E-state index contributed by atoms with van der Waals surface area (Å²) >= 11 is 0. The van der Waals surface area contributed by atoms with E-state index in [1.165, 1.54) is 6.07 Å². The molecule has 2 N–H and O–H groups in total. The van der Waals surface area contributed by atoms with E-state index in [9.17, 15) is 4.39 Å². The fourth-order valence-corrected chi connectivity index (χ4v) is 4.05. The molecule has 0 atom stereocenters. The van der Waals surface area contributed by atoms with Gasteiger partial charge >= 0.3 is 0 Å². The zero-order valence-corrected chi connectivity index (χ0v) is 17.1. The average molecular weight is 420 g/mol. The highest BCUT2D eigenvalue weighted by atomic mass is 19.1. The number of hydrogen-bond donors (Lipinski definition) is 2. The van der Waals surface area contributed by atoms with Gasteiger partial charge in [-0.3, -0.25) is 15.1 Å². The van der Waals surface area contributed by atoms with Crippen LogP contribution in [0, 0.1) is 12.7 Å². The van der Waals surface area contributed by atoms with Crippen LogP contribution in [0.1, 0.15) is 5.56 Å². The predicted molar refractivity (Wildman–Crippen MR) is 122 cm³/mol. The molecule has 32 heavy (non-hydrogen) atoms. The number of aromatic nitrogens is 6. The molecule has 0 aliphatic rings. The maximum atomic E-state index is 14.4. The van der Waals surface area contributed by atoms with Gasteiger partial charge in [0, 0.05) is 40.7 Å². The lowest BCUT2D eigenvalue weighted by Crippen LogP contribution is -1.87.